The molecule has 9 aromatic carbocycles. The average Bonchev–Trinajstić information content (AvgIpc) is 3.79. The quantitative estimate of drug-likeness (QED) is 0.161. The van der Waals surface area contributed by atoms with E-state index >= 15 is 0 Å². The maximum absolute atomic E-state index is 6.54. The third kappa shape index (κ3) is 5.79. The van der Waals surface area contributed by atoms with Gasteiger partial charge in [0.25, 0.3) is 0 Å². The van der Waals surface area contributed by atoms with Gasteiger partial charge in [0.15, 0.2) is 0 Å². The van der Waals surface area contributed by atoms with Gasteiger partial charge in [0.2, 0.25) is 0 Å². The van der Waals surface area contributed by atoms with Gasteiger partial charge in [-0.15, -0.1) is 0 Å². The highest BCUT2D eigenvalue weighted by Crippen LogP contribution is 2.51. The third-order valence-electron chi connectivity index (χ3n) is 12.3. The molecule has 1 aliphatic carbocycles. The number of furan rings is 1. The van der Waals surface area contributed by atoms with Crippen molar-refractivity contribution in [3.8, 4) is 55.6 Å². The van der Waals surface area contributed by atoms with Crippen molar-refractivity contribution in [2.24, 2.45) is 0 Å². The van der Waals surface area contributed by atoms with E-state index in [1.54, 1.807) is 0 Å². The lowest BCUT2D eigenvalue weighted by atomic mass is 9.82. The largest absolute Gasteiger partial charge is 0.455 e. The highest BCUT2D eigenvalue weighted by atomic mass is 16.3. The molecular formula is C57H41NO. The molecule has 0 spiro atoms. The molecule has 1 heterocycles. The fourth-order valence-corrected chi connectivity index (χ4v) is 9.40. The smallest absolute Gasteiger partial charge is 0.143 e. The van der Waals surface area contributed by atoms with E-state index in [9.17, 15) is 0 Å². The predicted octanol–water partition coefficient (Wildman–Crippen LogP) is 16.0. The number of nitrogens with zero attached hydrogens (tertiary/aromatic N) is 1. The molecular weight excluding hydrogens is 715 g/mol. The summed E-state index contributed by atoms with van der Waals surface area (Å²) in [5.74, 6) is 0. The number of hydrogen-bond acceptors (Lipinski definition) is 2. The van der Waals surface area contributed by atoms with Gasteiger partial charge in [0.1, 0.15) is 11.2 Å². The summed E-state index contributed by atoms with van der Waals surface area (Å²) >= 11 is 0. The zero-order chi connectivity index (χ0) is 39.5. The highest BCUT2D eigenvalue weighted by molar-refractivity contribution is 6.09. The van der Waals surface area contributed by atoms with Crippen molar-refractivity contribution in [2.45, 2.75) is 19.3 Å². The Kier molecular flexibility index (Phi) is 8.20. The van der Waals surface area contributed by atoms with E-state index in [1.165, 1.54) is 50.1 Å². The lowest BCUT2D eigenvalue weighted by Gasteiger charge is -2.29. The Morgan fingerprint density at radius 2 is 0.932 bits per heavy atom. The molecule has 0 fully saturated rings. The maximum atomic E-state index is 6.54. The van der Waals surface area contributed by atoms with Crippen LogP contribution in [-0.4, -0.2) is 0 Å². The molecule has 0 radical (unpaired) electrons. The van der Waals surface area contributed by atoms with Crippen LogP contribution in [-0.2, 0) is 5.41 Å². The van der Waals surface area contributed by atoms with Gasteiger partial charge in [-0.3, -0.25) is 0 Å². The van der Waals surface area contributed by atoms with Gasteiger partial charge in [-0.25, -0.2) is 0 Å². The highest BCUT2D eigenvalue weighted by Gasteiger charge is 2.35. The van der Waals surface area contributed by atoms with Gasteiger partial charge < -0.3 is 9.32 Å². The minimum Gasteiger partial charge on any atom is -0.455 e. The molecule has 0 atom stereocenters. The Morgan fingerprint density at radius 3 is 1.78 bits per heavy atom. The van der Waals surface area contributed by atoms with E-state index in [2.05, 4.69) is 219 Å². The van der Waals surface area contributed by atoms with Crippen LogP contribution in [0.4, 0.5) is 17.1 Å². The van der Waals surface area contributed by atoms with Crippen molar-refractivity contribution in [3.05, 3.63) is 223 Å². The van der Waals surface area contributed by atoms with Crippen molar-refractivity contribution in [3.63, 3.8) is 0 Å². The van der Waals surface area contributed by atoms with Crippen molar-refractivity contribution in [1.82, 2.24) is 0 Å². The summed E-state index contributed by atoms with van der Waals surface area (Å²) in [5, 5.41) is 2.25. The molecule has 59 heavy (non-hydrogen) atoms. The van der Waals surface area contributed by atoms with Crippen molar-refractivity contribution < 1.29 is 4.42 Å². The maximum Gasteiger partial charge on any atom is 0.143 e. The number of hydrogen-bond donors (Lipinski definition) is 0. The molecule has 1 aromatic heterocycles. The van der Waals surface area contributed by atoms with Crippen LogP contribution in [0.1, 0.15) is 25.0 Å². The zero-order valence-corrected chi connectivity index (χ0v) is 33.1. The summed E-state index contributed by atoms with van der Waals surface area (Å²) in [6.07, 6.45) is 0. The summed E-state index contributed by atoms with van der Waals surface area (Å²) in [4.78, 5) is 2.41. The molecule has 0 saturated heterocycles. The molecule has 2 nitrogen and oxygen atoms in total. The van der Waals surface area contributed by atoms with Crippen LogP contribution < -0.4 is 4.90 Å². The second-order valence-electron chi connectivity index (χ2n) is 16.1. The minimum atomic E-state index is -0.0440. The van der Waals surface area contributed by atoms with Gasteiger partial charge >= 0.3 is 0 Å². The minimum absolute atomic E-state index is 0.0440. The molecule has 10 aromatic rings. The van der Waals surface area contributed by atoms with Crippen LogP contribution in [0.25, 0.3) is 77.6 Å². The first-order valence-electron chi connectivity index (χ1n) is 20.4. The van der Waals surface area contributed by atoms with E-state index in [1.807, 2.05) is 12.1 Å². The fraction of sp³-hybridized carbons (Fsp3) is 0.0526. The number of para-hydroxylation sites is 3. The SMILES string of the molecule is CC1(C)c2ccccc2-c2cc(-c3ccccc3-c3ccccc3N(c3ccc(-c4ccccc4)cc3)c3cccc(-c4cccc5c4oc4ccccc45)c3)ccc21. The molecule has 0 aliphatic heterocycles. The van der Waals surface area contributed by atoms with Gasteiger partial charge in [0.05, 0.1) is 5.69 Å². The number of benzene rings is 9. The number of rotatable bonds is 7. The lowest BCUT2D eigenvalue weighted by molar-refractivity contribution is 0.660. The summed E-state index contributed by atoms with van der Waals surface area (Å²) in [7, 11) is 0. The average molecular weight is 756 g/mol. The second-order valence-corrected chi connectivity index (χ2v) is 16.1. The van der Waals surface area contributed by atoms with Gasteiger partial charge in [-0.1, -0.05) is 184 Å². The molecule has 1 aliphatic rings. The Balaban J connectivity index is 1.08. The molecule has 0 N–H and O–H groups in total. The first-order chi connectivity index (χ1) is 29.0. The van der Waals surface area contributed by atoms with Gasteiger partial charge in [0, 0.05) is 38.7 Å². The molecule has 280 valence electrons. The Labute approximate surface area is 345 Å². The van der Waals surface area contributed by atoms with E-state index in [0.29, 0.717) is 0 Å². The molecule has 0 saturated carbocycles. The Bertz CT molecular complexity index is 3190. The normalized spacial score (nSPS) is 12.7. The van der Waals surface area contributed by atoms with E-state index in [0.717, 1.165) is 55.7 Å². The predicted molar refractivity (Wildman–Crippen MR) is 248 cm³/mol. The van der Waals surface area contributed by atoms with Crippen LogP contribution >= 0.6 is 0 Å². The first-order valence-corrected chi connectivity index (χ1v) is 20.4. The van der Waals surface area contributed by atoms with Gasteiger partial charge in [-0.05, 0) is 98.1 Å². The summed E-state index contributed by atoms with van der Waals surface area (Å²) in [6.45, 7) is 4.68. The van der Waals surface area contributed by atoms with Crippen molar-refractivity contribution in [2.75, 3.05) is 4.90 Å². The van der Waals surface area contributed by atoms with Crippen LogP contribution in [0.3, 0.4) is 0 Å². The number of fused-ring (bicyclic) bond motifs is 6. The van der Waals surface area contributed by atoms with Crippen LogP contribution in [0, 0.1) is 0 Å². The topological polar surface area (TPSA) is 16.4 Å². The molecule has 0 amide bonds. The molecule has 0 unspecified atom stereocenters. The standard InChI is InChI=1S/C57H41NO/c1-57(2)52-27-11-8-22-47(52)51-37-41(32-35-53(51)57)44-20-6-7-21-46(44)48-23-9-12-28-54(48)58(42-33-30-39(31-34-42)38-16-4-3-5-17-38)43-19-14-18-40(36-43)45-25-15-26-50-49-24-10-13-29-55(49)59-56(45)50/h3-37H,1-2H3. The Morgan fingerprint density at radius 1 is 0.356 bits per heavy atom. The van der Waals surface area contributed by atoms with Crippen LogP contribution in [0.5, 0.6) is 0 Å². The summed E-state index contributed by atoms with van der Waals surface area (Å²) in [5.41, 5.74) is 19.7. The van der Waals surface area contributed by atoms with Gasteiger partial charge in [-0.2, -0.15) is 0 Å². The van der Waals surface area contributed by atoms with Crippen LogP contribution in [0.2, 0.25) is 0 Å². The molecule has 0 bridgehead atoms. The number of anilines is 3. The first kappa shape index (κ1) is 34.8. The van der Waals surface area contributed by atoms with Crippen molar-refractivity contribution in [1.29, 1.82) is 0 Å². The third-order valence-corrected chi connectivity index (χ3v) is 12.3. The molecule has 11 rings (SSSR count). The zero-order valence-electron chi connectivity index (χ0n) is 33.1. The van der Waals surface area contributed by atoms with E-state index in [4.69, 9.17) is 4.42 Å². The Hall–Kier alpha value is -7.42. The lowest BCUT2D eigenvalue weighted by Crippen LogP contribution is -2.14. The van der Waals surface area contributed by atoms with E-state index < -0.39 is 0 Å². The van der Waals surface area contributed by atoms with E-state index in [-0.39, 0.29) is 5.41 Å². The summed E-state index contributed by atoms with van der Waals surface area (Å²) in [6, 6.07) is 76.8. The van der Waals surface area contributed by atoms with Crippen LogP contribution in [0.15, 0.2) is 217 Å². The second kappa shape index (κ2) is 13.9. The summed E-state index contributed by atoms with van der Waals surface area (Å²) < 4.78 is 6.54. The monoisotopic (exact) mass is 755 g/mol. The fourth-order valence-electron chi connectivity index (χ4n) is 9.40. The van der Waals surface area contributed by atoms with Crippen molar-refractivity contribution >= 4 is 39.0 Å². The molecule has 2 heteroatoms.